The third-order valence-electron chi connectivity index (χ3n) is 3.88. The van der Waals surface area contributed by atoms with Crippen LogP contribution in [0.3, 0.4) is 0 Å². The summed E-state index contributed by atoms with van der Waals surface area (Å²) in [5, 5.41) is 8.99. The minimum Gasteiger partial charge on any atom is -0.478 e. The second-order valence-electron chi connectivity index (χ2n) is 5.13. The monoisotopic (exact) mass is 339 g/mol. The van der Waals surface area contributed by atoms with E-state index in [9.17, 15) is 19.5 Å². The number of furan rings is 1. The van der Waals surface area contributed by atoms with Crippen LogP contribution in [0.2, 0.25) is 0 Å². The zero-order valence-corrected chi connectivity index (χ0v) is 13.0. The maximum absolute atomic E-state index is 11.9. The Kier molecular flexibility index (Phi) is 3.92. The fourth-order valence-electron chi connectivity index (χ4n) is 2.66. The molecule has 116 valence electrons. The first kappa shape index (κ1) is 15.4. The SMILES string of the molecule is NC12C(=O)CC1SCC(CSC(=O)c1ccco1)=C2C(=O)O. The molecule has 1 aliphatic heterocycles. The molecule has 1 fully saturated rings. The molecule has 1 aliphatic carbocycles. The Morgan fingerprint density at radius 3 is 2.91 bits per heavy atom. The van der Waals surface area contributed by atoms with Crippen molar-refractivity contribution in [1.82, 2.24) is 0 Å². The molecule has 2 heterocycles. The predicted molar refractivity (Wildman–Crippen MR) is 82.9 cm³/mol. The number of carboxylic acid groups (broad SMARTS) is 1. The summed E-state index contributed by atoms with van der Waals surface area (Å²) in [4.78, 5) is 35.3. The number of Topliss-reactive ketones (excluding diaryl/α,β-unsaturated/α-hetero) is 1. The summed E-state index contributed by atoms with van der Waals surface area (Å²) >= 11 is 2.43. The van der Waals surface area contributed by atoms with Gasteiger partial charge in [0.1, 0.15) is 5.54 Å². The summed E-state index contributed by atoms with van der Waals surface area (Å²) < 4.78 is 5.01. The van der Waals surface area contributed by atoms with Gasteiger partial charge in [-0.05, 0) is 17.7 Å². The molecule has 0 radical (unpaired) electrons. The van der Waals surface area contributed by atoms with E-state index in [1.165, 1.54) is 18.0 Å². The number of thioether (sulfide) groups is 2. The molecule has 22 heavy (non-hydrogen) atoms. The number of carboxylic acids is 1. The van der Waals surface area contributed by atoms with Crippen molar-refractivity contribution in [3.8, 4) is 0 Å². The Balaban J connectivity index is 1.82. The summed E-state index contributed by atoms with van der Waals surface area (Å²) in [6.45, 7) is 0. The van der Waals surface area contributed by atoms with E-state index in [2.05, 4.69) is 0 Å². The minimum absolute atomic E-state index is 0.0350. The highest BCUT2D eigenvalue weighted by Gasteiger charge is 2.59. The number of aliphatic carboxylic acids is 1. The van der Waals surface area contributed by atoms with Gasteiger partial charge < -0.3 is 15.3 Å². The second kappa shape index (κ2) is 5.60. The minimum atomic E-state index is -1.40. The maximum Gasteiger partial charge on any atom is 0.333 e. The standard InChI is InChI=1S/C14H13NO5S2/c15-14-9(16)4-10(14)21-5-7(11(14)12(17)18)6-22-13(19)8-2-1-3-20-8/h1-3,10H,4-6,15H2,(H,17,18). The topological polar surface area (TPSA) is 111 Å². The number of carbonyl (C=O) groups excluding carboxylic acids is 2. The second-order valence-corrected chi connectivity index (χ2v) is 7.27. The van der Waals surface area contributed by atoms with Crippen molar-refractivity contribution in [2.75, 3.05) is 11.5 Å². The molecule has 6 nitrogen and oxygen atoms in total. The van der Waals surface area contributed by atoms with Crippen LogP contribution in [0.15, 0.2) is 34.0 Å². The third kappa shape index (κ3) is 2.31. The smallest absolute Gasteiger partial charge is 0.333 e. The van der Waals surface area contributed by atoms with Crippen LogP contribution in [-0.4, -0.2) is 44.3 Å². The highest BCUT2D eigenvalue weighted by molar-refractivity contribution is 8.14. The Labute approximate surface area is 134 Å². The Bertz CT molecular complexity index is 681. The molecule has 0 bridgehead atoms. The molecule has 3 rings (SSSR count). The molecule has 1 aromatic rings. The van der Waals surface area contributed by atoms with E-state index in [-0.39, 0.29) is 33.2 Å². The first-order valence-electron chi connectivity index (χ1n) is 6.54. The van der Waals surface area contributed by atoms with Crippen LogP contribution in [0, 0.1) is 0 Å². The lowest BCUT2D eigenvalue weighted by molar-refractivity contribution is -0.138. The van der Waals surface area contributed by atoms with E-state index in [1.54, 1.807) is 12.1 Å². The Hall–Kier alpha value is -1.51. The van der Waals surface area contributed by atoms with Crippen molar-refractivity contribution in [1.29, 1.82) is 0 Å². The van der Waals surface area contributed by atoms with Gasteiger partial charge in [0.2, 0.25) is 0 Å². The van der Waals surface area contributed by atoms with E-state index in [0.29, 0.717) is 17.7 Å². The highest BCUT2D eigenvalue weighted by Crippen LogP contribution is 2.47. The lowest BCUT2D eigenvalue weighted by Gasteiger charge is -2.48. The first-order valence-corrected chi connectivity index (χ1v) is 8.58. The van der Waals surface area contributed by atoms with Crippen molar-refractivity contribution < 1.29 is 23.9 Å². The zero-order chi connectivity index (χ0) is 15.9. The fraction of sp³-hybridized carbons (Fsp3) is 0.357. The molecule has 0 spiro atoms. The highest BCUT2D eigenvalue weighted by atomic mass is 32.2. The number of hydrogen-bond acceptors (Lipinski definition) is 7. The lowest BCUT2D eigenvalue weighted by atomic mass is 9.68. The molecule has 0 saturated heterocycles. The van der Waals surface area contributed by atoms with Crippen LogP contribution in [0.5, 0.6) is 0 Å². The number of fused-ring (bicyclic) bond motifs is 1. The molecule has 8 heteroatoms. The number of hydrogen-bond donors (Lipinski definition) is 2. The number of ketones is 1. The molecule has 3 N–H and O–H groups in total. The summed E-state index contributed by atoms with van der Waals surface area (Å²) in [7, 11) is 0. The molecule has 0 amide bonds. The number of nitrogens with two attached hydrogens (primary N) is 1. The van der Waals surface area contributed by atoms with Gasteiger partial charge in [-0.3, -0.25) is 9.59 Å². The molecule has 1 aromatic heterocycles. The maximum atomic E-state index is 11.9. The summed E-state index contributed by atoms with van der Waals surface area (Å²) in [6.07, 6.45) is 1.71. The van der Waals surface area contributed by atoms with Gasteiger partial charge in [0, 0.05) is 23.2 Å². The molecule has 2 aliphatic rings. The van der Waals surface area contributed by atoms with Gasteiger partial charge in [0.15, 0.2) is 11.5 Å². The lowest BCUT2D eigenvalue weighted by Crippen LogP contribution is -2.69. The molecular formula is C14H13NO5S2. The summed E-state index contributed by atoms with van der Waals surface area (Å²) in [5.74, 6) is -0.556. The Morgan fingerprint density at radius 1 is 1.55 bits per heavy atom. The Morgan fingerprint density at radius 2 is 2.32 bits per heavy atom. The van der Waals surface area contributed by atoms with Crippen molar-refractivity contribution in [2.24, 2.45) is 5.73 Å². The fourth-order valence-corrected chi connectivity index (χ4v) is 5.03. The van der Waals surface area contributed by atoms with Crippen LogP contribution < -0.4 is 5.73 Å². The summed E-state index contributed by atoms with van der Waals surface area (Å²) in [5.41, 5.74) is 5.16. The van der Waals surface area contributed by atoms with Crippen molar-refractivity contribution >= 4 is 40.4 Å². The van der Waals surface area contributed by atoms with Crippen LogP contribution in [-0.2, 0) is 9.59 Å². The first-order chi connectivity index (χ1) is 10.4. The van der Waals surface area contributed by atoms with Crippen LogP contribution in [0.1, 0.15) is 17.0 Å². The third-order valence-corrected chi connectivity index (χ3v) is 6.29. The van der Waals surface area contributed by atoms with E-state index in [4.69, 9.17) is 10.2 Å². The zero-order valence-electron chi connectivity index (χ0n) is 11.4. The summed E-state index contributed by atoms with van der Waals surface area (Å²) in [6, 6.07) is 3.16. The predicted octanol–water partition coefficient (Wildman–Crippen LogP) is 1.32. The molecular weight excluding hydrogens is 326 g/mol. The van der Waals surface area contributed by atoms with Crippen molar-refractivity contribution in [3.05, 3.63) is 35.3 Å². The number of rotatable bonds is 4. The quantitative estimate of drug-likeness (QED) is 0.845. The van der Waals surface area contributed by atoms with Gasteiger partial charge in [-0.2, -0.15) is 11.8 Å². The molecule has 1 saturated carbocycles. The number of carbonyl (C=O) groups is 3. The van der Waals surface area contributed by atoms with E-state index >= 15 is 0 Å². The van der Waals surface area contributed by atoms with Gasteiger partial charge in [-0.15, -0.1) is 0 Å². The van der Waals surface area contributed by atoms with E-state index in [0.717, 1.165) is 11.8 Å². The van der Waals surface area contributed by atoms with Crippen molar-refractivity contribution in [2.45, 2.75) is 17.2 Å². The van der Waals surface area contributed by atoms with Crippen molar-refractivity contribution in [3.63, 3.8) is 0 Å². The average molecular weight is 339 g/mol. The average Bonchev–Trinajstić information content (AvgIpc) is 3.00. The van der Waals surface area contributed by atoms with E-state index < -0.39 is 11.5 Å². The van der Waals surface area contributed by atoms with Gasteiger partial charge in [-0.1, -0.05) is 11.8 Å². The molecule has 2 atom stereocenters. The molecule has 2 unspecified atom stereocenters. The van der Waals surface area contributed by atoms with Gasteiger partial charge >= 0.3 is 5.97 Å². The van der Waals surface area contributed by atoms with Gasteiger partial charge in [0.05, 0.1) is 11.8 Å². The van der Waals surface area contributed by atoms with Gasteiger partial charge in [-0.25, -0.2) is 4.79 Å². The molecule has 0 aromatic carbocycles. The van der Waals surface area contributed by atoms with Crippen LogP contribution in [0.4, 0.5) is 0 Å². The van der Waals surface area contributed by atoms with Crippen LogP contribution >= 0.6 is 23.5 Å². The van der Waals surface area contributed by atoms with Gasteiger partial charge in [0.25, 0.3) is 5.12 Å². The largest absolute Gasteiger partial charge is 0.478 e. The van der Waals surface area contributed by atoms with Crippen LogP contribution in [0.25, 0.3) is 0 Å². The van der Waals surface area contributed by atoms with E-state index in [1.807, 2.05) is 0 Å². The normalized spacial score (nSPS) is 27.3.